The Morgan fingerprint density at radius 1 is 1.14 bits per heavy atom. The first-order chi connectivity index (χ1) is 14.0. The molecule has 1 saturated heterocycles. The summed E-state index contributed by atoms with van der Waals surface area (Å²) in [7, 11) is 0. The van der Waals surface area contributed by atoms with E-state index in [1.165, 1.54) is 0 Å². The number of piperidine rings is 1. The highest BCUT2D eigenvalue weighted by molar-refractivity contribution is 6.30. The van der Waals surface area contributed by atoms with Crippen LogP contribution in [0.3, 0.4) is 0 Å². The smallest absolute Gasteiger partial charge is 0.259 e. The molecule has 29 heavy (non-hydrogen) atoms. The molecule has 2 aliphatic rings. The number of benzene rings is 1. The van der Waals surface area contributed by atoms with E-state index >= 15 is 0 Å². The maximum Gasteiger partial charge on any atom is 0.259 e. The Hall–Kier alpha value is -2.34. The highest BCUT2D eigenvalue weighted by atomic mass is 35.5. The van der Waals surface area contributed by atoms with Crippen molar-refractivity contribution in [3.05, 3.63) is 45.8 Å². The molecule has 0 atom stereocenters. The van der Waals surface area contributed by atoms with Gasteiger partial charge < -0.3 is 14.3 Å². The van der Waals surface area contributed by atoms with Gasteiger partial charge in [-0.05, 0) is 69.7 Å². The van der Waals surface area contributed by atoms with Crippen LogP contribution in [0, 0.1) is 19.8 Å². The molecular weight excluding hydrogens is 390 g/mol. The molecule has 0 N–H and O–H groups in total. The van der Waals surface area contributed by atoms with E-state index in [0.717, 1.165) is 37.1 Å². The number of anilines is 1. The third-order valence-electron chi connectivity index (χ3n) is 6.05. The first-order valence-corrected chi connectivity index (χ1v) is 10.7. The first-order valence-electron chi connectivity index (χ1n) is 10.3. The van der Waals surface area contributed by atoms with E-state index in [1.54, 1.807) is 13.8 Å². The van der Waals surface area contributed by atoms with Gasteiger partial charge >= 0.3 is 0 Å². The highest BCUT2D eigenvalue weighted by Gasteiger charge is 2.33. The molecule has 0 radical (unpaired) electrons. The molecule has 2 amide bonds. The van der Waals surface area contributed by atoms with Crippen molar-refractivity contribution in [2.75, 3.05) is 24.5 Å². The number of carbonyl (C=O) groups is 2. The first kappa shape index (κ1) is 20.0. The second-order valence-corrected chi connectivity index (χ2v) is 8.42. The summed E-state index contributed by atoms with van der Waals surface area (Å²) < 4.78 is 5.13. The molecule has 0 bridgehead atoms. The largest absolute Gasteiger partial charge is 0.361 e. The van der Waals surface area contributed by atoms with Crippen LogP contribution in [0.1, 0.15) is 53.1 Å². The summed E-state index contributed by atoms with van der Waals surface area (Å²) in [5.74, 6) is 0.595. The Kier molecular flexibility index (Phi) is 5.63. The number of hydrogen-bond donors (Lipinski definition) is 0. The van der Waals surface area contributed by atoms with Crippen LogP contribution in [0.4, 0.5) is 5.69 Å². The predicted molar refractivity (Wildman–Crippen MR) is 111 cm³/mol. The molecule has 2 aromatic rings. The van der Waals surface area contributed by atoms with Gasteiger partial charge in [0.15, 0.2) is 0 Å². The number of halogens is 1. The number of nitrogens with zero attached hydrogens (tertiary/aromatic N) is 3. The fraction of sp³-hybridized carbons (Fsp3) is 0.500. The zero-order chi connectivity index (χ0) is 20.5. The van der Waals surface area contributed by atoms with Gasteiger partial charge in [0.2, 0.25) is 5.91 Å². The van der Waals surface area contributed by atoms with E-state index < -0.39 is 0 Å². The maximum atomic E-state index is 13.3. The summed E-state index contributed by atoms with van der Waals surface area (Å²) in [6.07, 6.45) is 4.34. The van der Waals surface area contributed by atoms with Crippen molar-refractivity contribution in [2.24, 2.45) is 5.92 Å². The number of rotatable bonds is 2. The number of fused-ring (bicyclic) bond motifs is 1. The van der Waals surface area contributed by atoms with Gasteiger partial charge in [-0.2, -0.15) is 0 Å². The van der Waals surface area contributed by atoms with Crippen molar-refractivity contribution < 1.29 is 14.1 Å². The van der Waals surface area contributed by atoms with Gasteiger partial charge in [0.05, 0.1) is 5.69 Å². The fourth-order valence-corrected chi connectivity index (χ4v) is 4.64. The summed E-state index contributed by atoms with van der Waals surface area (Å²) in [5.41, 5.74) is 3.30. The Labute approximate surface area is 175 Å². The Bertz CT molecular complexity index is 912. The van der Waals surface area contributed by atoms with Gasteiger partial charge in [-0.3, -0.25) is 9.59 Å². The minimum Gasteiger partial charge on any atom is -0.361 e. The molecule has 6 nitrogen and oxygen atoms in total. The van der Waals surface area contributed by atoms with Crippen molar-refractivity contribution in [3.63, 3.8) is 0 Å². The molecule has 0 aliphatic carbocycles. The average molecular weight is 416 g/mol. The van der Waals surface area contributed by atoms with Crippen LogP contribution in [0.25, 0.3) is 0 Å². The van der Waals surface area contributed by atoms with Crippen LogP contribution in [0.2, 0.25) is 5.02 Å². The van der Waals surface area contributed by atoms with Crippen LogP contribution < -0.4 is 4.90 Å². The standard InChI is InChI=1S/C22H26ClN3O3/c1-14-20(15(2)29-24-14)22(28)25-11-8-16(9-12-25)21(27)26-10-4-3-5-17-13-18(23)6-7-19(17)26/h6-7,13,16H,3-5,8-12H2,1-2H3. The SMILES string of the molecule is Cc1noc(C)c1C(=O)N1CCC(C(=O)N2CCCCc3cc(Cl)ccc32)CC1. The maximum absolute atomic E-state index is 13.3. The molecule has 3 heterocycles. The van der Waals surface area contributed by atoms with E-state index in [1.807, 2.05) is 28.0 Å². The lowest BCUT2D eigenvalue weighted by atomic mass is 9.94. The van der Waals surface area contributed by atoms with Crippen LogP contribution in [-0.2, 0) is 11.2 Å². The lowest BCUT2D eigenvalue weighted by Gasteiger charge is -2.34. The van der Waals surface area contributed by atoms with Crippen molar-refractivity contribution >= 4 is 29.1 Å². The monoisotopic (exact) mass is 415 g/mol. The number of aryl methyl sites for hydroxylation is 3. The van der Waals surface area contributed by atoms with E-state index in [-0.39, 0.29) is 17.7 Å². The van der Waals surface area contributed by atoms with Gasteiger partial charge in [-0.15, -0.1) is 0 Å². The number of carbonyl (C=O) groups excluding carboxylic acids is 2. The van der Waals surface area contributed by atoms with Gasteiger partial charge in [0, 0.05) is 36.3 Å². The van der Waals surface area contributed by atoms with Crippen molar-refractivity contribution in [2.45, 2.75) is 46.0 Å². The van der Waals surface area contributed by atoms with Gasteiger partial charge in [-0.25, -0.2) is 0 Å². The van der Waals surface area contributed by atoms with Crippen molar-refractivity contribution in [3.8, 4) is 0 Å². The third-order valence-corrected chi connectivity index (χ3v) is 6.29. The molecule has 0 spiro atoms. The minimum absolute atomic E-state index is 0.0538. The Morgan fingerprint density at radius 3 is 2.59 bits per heavy atom. The third kappa shape index (κ3) is 3.90. The normalized spacial score (nSPS) is 17.8. The Balaban J connectivity index is 1.45. The van der Waals surface area contributed by atoms with Gasteiger partial charge in [-0.1, -0.05) is 16.8 Å². The lowest BCUT2D eigenvalue weighted by molar-refractivity contribution is -0.123. The second kappa shape index (κ2) is 8.19. The minimum atomic E-state index is -0.0645. The molecule has 154 valence electrons. The lowest BCUT2D eigenvalue weighted by Crippen LogP contribution is -2.45. The van der Waals surface area contributed by atoms with E-state index in [2.05, 4.69) is 5.16 Å². The highest BCUT2D eigenvalue weighted by Crippen LogP contribution is 2.32. The van der Waals surface area contributed by atoms with Gasteiger partial charge in [0.25, 0.3) is 5.91 Å². The summed E-state index contributed by atoms with van der Waals surface area (Å²) in [4.78, 5) is 29.9. The molecule has 0 unspecified atom stereocenters. The molecular formula is C22H26ClN3O3. The van der Waals surface area contributed by atoms with Crippen LogP contribution >= 0.6 is 11.6 Å². The van der Waals surface area contributed by atoms with E-state index in [0.29, 0.717) is 48.0 Å². The molecule has 7 heteroatoms. The quantitative estimate of drug-likeness (QED) is 0.738. The summed E-state index contributed by atoms with van der Waals surface area (Å²) >= 11 is 6.16. The Morgan fingerprint density at radius 2 is 1.90 bits per heavy atom. The number of aromatic nitrogens is 1. The molecule has 2 aliphatic heterocycles. The summed E-state index contributed by atoms with van der Waals surface area (Å²) in [5, 5.41) is 4.59. The molecule has 1 aromatic heterocycles. The summed E-state index contributed by atoms with van der Waals surface area (Å²) in [6.45, 7) is 5.42. The van der Waals surface area contributed by atoms with E-state index in [4.69, 9.17) is 16.1 Å². The van der Waals surface area contributed by atoms with E-state index in [9.17, 15) is 9.59 Å². The topological polar surface area (TPSA) is 66.7 Å². The number of amides is 2. The fourth-order valence-electron chi connectivity index (χ4n) is 4.45. The molecule has 1 fully saturated rings. The van der Waals surface area contributed by atoms with Crippen LogP contribution in [0.5, 0.6) is 0 Å². The van der Waals surface area contributed by atoms with Crippen molar-refractivity contribution in [1.29, 1.82) is 0 Å². The zero-order valence-corrected chi connectivity index (χ0v) is 17.7. The zero-order valence-electron chi connectivity index (χ0n) is 16.9. The number of hydrogen-bond acceptors (Lipinski definition) is 4. The summed E-state index contributed by atoms with van der Waals surface area (Å²) in [6, 6.07) is 5.81. The average Bonchev–Trinajstić information content (AvgIpc) is 2.93. The van der Waals surface area contributed by atoms with Crippen molar-refractivity contribution in [1.82, 2.24) is 10.1 Å². The van der Waals surface area contributed by atoms with Crippen LogP contribution in [0.15, 0.2) is 22.7 Å². The van der Waals surface area contributed by atoms with Crippen LogP contribution in [-0.4, -0.2) is 41.5 Å². The predicted octanol–water partition coefficient (Wildman–Crippen LogP) is 4.17. The number of likely N-dealkylation sites (tertiary alicyclic amines) is 1. The molecule has 1 aromatic carbocycles. The van der Waals surface area contributed by atoms with Gasteiger partial charge in [0.1, 0.15) is 11.3 Å². The second-order valence-electron chi connectivity index (χ2n) is 7.99. The molecule has 4 rings (SSSR count). The molecule has 0 saturated carbocycles.